The summed E-state index contributed by atoms with van der Waals surface area (Å²) < 4.78 is 10.8. The zero-order valence-electron chi connectivity index (χ0n) is 12.1. The Hall–Kier alpha value is -2.08. The van der Waals surface area contributed by atoms with Crippen LogP contribution in [0.25, 0.3) is 0 Å². The number of rotatable bonds is 6. The Balaban J connectivity index is 1.74. The summed E-state index contributed by atoms with van der Waals surface area (Å²) in [5.74, 6) is -0.101. The fourth-order valence-electron chi connectivity index (χ4n) is 1.81. The quantitative estimate of drug-likeness (QED) is 0.795. The van der Waals surface area contributed by atoms with Crippen LogP contribution in [0, 0.1) is 6.92 Å². The van der Waals surface area contributed by atoms with E-state index in [9.17, 15) is 9.59 Å². The van der Waals surface area contributed by atoms with Crippen molar-refractivity contribution in [2.24, 2.45) is 0 Å². The summed E-state index contributed by atoms with van der Waals surface area (Å²) in [6.07, 6.45) is 2.18. The van der Waals surface area contributed by atoms with Crippen LogP contribution < -0.4 is 5.32 Å². The molecule has 6 heteroatoms. The van der Waals surface area contributed by atoms with Crippen LogP contribution >= 0.6 is 15.9 Å². The Kier molecular flexibility index (Phi) is 5.77. The fraction of sp³-hybridized carbons (Fsp3) is 0.250. The molecule has 2 rings (SSSR count). The van der Waals surface area contributed by atoms with Gasteiger partial charge in [-0.1, -0.05) is 6.07 Å². The number of ether oxygens (including phenoxy) is 1. The molecule has 0 atom stereocenters. The number of nitrogens with one attached hydrogen (secondary N) is 1. The SMILES string of the molecule is Cc1ccc(NC(=O)COC(=O)CCc2ccco2)c(Br)c1. The van der Waals surface area contributed by atoms with E-state index in [-0.39, 0.29) is 18.9 Å². The summed E-state index contributed by atoms with van der Waals surface area (Å²) in [5, 5.41) is 2.68. The first kappa shape index (κ1) is 16.3. The van der Waals surface area contributed by atoms with Crippen molar-refractivity contribution in [2.45, 2.75) is 19.8 Å². The standard InChI is InChI=1S/C16H16BrNO4/c1-11-4-6-14(13(17)9-11)18-15(19)10-22-16(20)7-5-12-3-2-8-21-12/h2-4,6,8-9H,5,7,10H2,1H3,(H,18,19). The third-order valence-corrected chi connectivity index (χ3v) is 3.57. The highest BCUT2D eigenvalue weighted by Crippen LogP contribution is 2.23. The van der Waals surface area contributed by atoms with E-state index < -0.39 is 5.97 Å². The maximum atomic E-state index is 11.8. The van der Waals surface area contributed by atoms with Gasteiger partial charge < -0.3 is 14.5 Å². The molecule has 0 bridgehead atoms. The van der Waals surface area contributed by atoms with Gasteiger partial charge in [-0.15, -0.1) is 0 Å². The number of anilines is 1. The molecule has 1 heterocycles. The van der Waals surface area contributed by atoms with Crippen molar-refractivity contribution in [1.82, 2.24) is 0 Å². The van der Waals surface area contributed by atoms with E-state index in [2.05, 4.69) is 21.2 Å². The lowest BCUT2D eigenvalue weighted by Crippen LogP contribution is -2.21. The smallest absolute Gasteiger partial charge is 0.306 e. The molecule has 0 spiro atoms. The number of esters is 1. The molecule has 1 N–H and O–H groups in total. The van der Waals surface area contributed by atoms with Gasteiger partial charge in [0.2, 0.25) is 0 Å². The summed E-state index contributed by atoms with van der Waals surface area (Å²) in [5.41, 5.74) is 1.72. The van der Waals surface area contributed by atoms with Crippen molar-refractivity contribution in [1.29, 1.82) is 0 Å². The second-order valence-electron chi connectivity index (χ2n) is 4.77. The minimum atomic E-state index is -0.436. The number of benzene rings is 1. The molecule has 0 radical (unpaired) electrons. The molecule has 22 heavy (non-hydrogen) atoms. The molecule has 0 saturated heterocycles. The van der Waals surface area contributed by atoms with Crippen molar-refractivity contribution in [3.8, 4) is 0 Å². The highest BCUT2D eigenvalue weighted by molar-refractivity contribution is 9.10. The minimum absolute atomic E-state index is 0.176. The van der Waals surface area contributed by atoms with Crippen LogP contribution in [0.1, 0.15) is 17.7 Å². The van der Waals surface area contributed by atoms with E-state index in [4.69, 9.17) is 9.15 Å². The lowest BCUT2D eigenvalue weighted by molar-refractivity contribution is -0.147. The van der Waals surface area contributed by atoms with Crippen molar-refractivity contribution in [3.05, 3.63) is 52.4 Å². The molecule has 2 aromatic rings. The highest BCUT2D eigenvalue weighted by Gasteiger charge is 2.10. The molecule has 1 aromatic heterocycles. The predicted octanol–water partition coefficient (Wildman–Crippen LogP) is 3.47. The van der Waals surface area contributed by atoms with E-state index in [1.165, 1.54) is 0 Å². The Morgan fingerprint density at radius 2 is 2.14 bits per heavy atom. The lowest BCUT2D eigenvalue weighted by Gasteiger charge is -2.08. The van der Waals surface area contributed by atoms with Crippen LogP contribution in [-0.4, -0.2) is 18.5 Å². The van der Waals surface area contributed by atoms with Crippen LogP contribution in [0.3, 0.4) is 0 Å². The van der Waals surface area contributed by atoms with Crippen molar-refractivity contribution >= 4 is 33.5 Å². The van der Waals surface area contributed by atoms with Gasteiger partial charge in [0.05, 0.1) is 18.4 Å². The molecule has 0 fully saturated rings. The molecule has 0 aliphatic heterocycles. The second kappa shape index (κ2) is 7.79. The molecule has 1 aromatic carbocycles. The molecular formula is C16H16BrNO4. The first-order chi connectivity index (χ1) is 10.5. The van der Waals surface area contributed by atoms with Gasteiger partial charge in [0.15, 0.2) is 6.61 Å². The number of furan rings is 1. The van der Waals surface area contributed by atoms with E-state index in [1.807, 2.05) is 19.1 Å². The summed E-state index contributed by atoms with van der Waals surface area (Å²) in [7, 11) is 0. The maximum absolute atomic E-state index is 11.8. The van der Waals surface area contributed by atoms with E-state index in [0.717, 1.165) is 10.0 Å². The van der Waals surface area contributed by atoms with Gasteiger partial charge in [0.25, 0.3) is 5.91 Å². The normalized spacial score (nSPS) is 10.3. The van der Waals surface area contributed by atoms with Gasteiger partial charge in [-0.05, 0) is 52.7 Å². The van der Waals surface area contributed by atoms with Crippen LogP contribution in [0.15, 0.2) is 45.5 Å². The second-order valence-corrected chi connectivity index (χ2v) is 5.63. The molecule has 0 aliphatic rings. The van der Waals surface area contributed by atoms with Crippen LogP contribution in [-0.2, 0) is 20.7 Å². The number of aryl methyl sites for hydroxylation is 2. The van der Waals surface area contributed by atoms with E-state index in [1.54, 1.807) is 24.5 Å². The lowest BCUT2D eigenvalue weighted by atomic mass is 10.2. The third-order valence-electron chi connectivity index (χ3n) is 2.92. The van der Waals surface area contributed by atoms with Crippen LogP contribution in [0.5, 0.6) is 0 Å². The van der Waals surface area contributed by atoms with E-state index in [0.29, 0.717) is 17.9 Å². The Morgan fingerprint density at radius 3 is 2.82 bits per heavy atom. The first-order valence-corrected chi connectivity index (χ1v) is 7.58. The number of carbonyl (C=O) groups is 2. The summed E-state index contributed by atoms with van der Waals surface area (Å²) in [6, 6.07) is 9.11. The molecule has 1 amide bonds. The topological polar surface area (TPSA) is 68.5 Å². The molecule has 116 valence electrons. The molecular weight excluding hydrogens is 350 g/mol. The molecule has 0 saturated carbocycles. The average Bonchev–Trinajstić information content (AvgIpc) is 2.99. The van der Waals surface area contributed by atoms with E-state index >= 15 is 0 Å². The third kappa shape index (κ3) is 5.04. The molecule has 0 aliphatic carbocycles. The Labute approximate surface area is 136 Å². The average molecular weight is 366 g/mol. The highest BCUT2D eigenvalue weighted by atomic mass is 79.9. The number of carbonyl (C=O) groups excluding carboxylic acids is 2. The Morgan fingerprint density at radius 1 is 1.32 bits per heavy atom. The summed E-state index contributed by atoms with van der Waals surface area (Å²) in [6.45, 7) is 1.65. The van der Waals surface area contributed by atoms with Gasteiger partial charge >= 0.3 is 5.97 Å². The summed E-state index contributed by atoms with van der Waals surface area (Å²) in [4.78, 5) is 23.3. The first-order valence-electron chi connectivity index (χ1n) is 6.78. The van der Waals surface area contributed by atoms with Gasteiger partial charge in [0.1, 0.15) is 5.76 Å². The van der Waals surface area contributed by atoms with Crippen LogP contribution in [0.2, 0.25) is 0 Å². The number of amides is 1. The zero-order valence-corrected chi connectivity index (χ0v) is 13.7. The van der Waals surface area contributed by atoms with Crippen molar-refractivity contribution < 1.29 is 18.7 Å². The number of halogens is 1. The number of hydrogen-bond acceptors (Lipinski definition) is 4. The van der Waals surface area contributed by atoms with Gasteiger partial charge in [-0.3, -0.25) is 9.59 Å². The van der Waals surface area contributed by atoms with Crippen molar-refractivity contribution in [2.75, 3.05) is 11.9 Å². The van der Waals surface area contributed by atoms with Crippen molar-refractivity contribution in [3.63, 3.8) is 0 Å². The van der Waals surface area contributed by atoms with Gasteiger partial charge in [-0.2, -0.15) is 0 Å². The minimum Gasteiger partial charge on any atom is -0.469 e. The Bertz CT molecular complexity index is 652. The molecule has 0 unspecified atom stereocenters. The summed E-state index contributed by atoms with van der Waals surface area (Å²) >= 11 is 3.37. The monoisotopic (exact) mass is 365 g/mol. The number of hydrogen-bond donors (Lipinski definition) is 1. The van der Waals surface area contributed by atoms with Crippen LogP contribution in [0.4, 0.5) is 5.69 Å². The predicted molar refractivity (Wildman–Crippen MR) is 85.5 cm³/mol. The zero-order chi connectivity index (χ0) is 15.9. The largest absolute Gasteiger partial charge is 0.469 e. The van der Waals surface area contributed by atoms with Gasteiger partial charge in [-0.25, -0.2) is 0 Å². The fourth-order valence-corrected chi connectivity index (χ4v) is 2.40. The molecule has 5 nitrogen and oxygen atoms in total. The maximum Gasteiger partial charge on any atom is 0.306 e. The van der Waals surface area contributed by atoms with Gasteiger partial charge in [0, 0.05) is 10.9 Å².